The molecule has 0 spiro atoms. The summed E-state index contributed by atoms with van der Waals surface area (Å²) in [5.74, 6) is 0.756. The number of benzene rings is 2. The van der Waals surface area contributed by atoms with Gasteiger partial charge in [-0.05, 0) is 41.3 Å². The van der Waals surface area contributed by atoms with E-state index in [4.69, 9.17) is 4.74 Å². The summed E-state index contributed by atoms with van der Waals surface area (Å²) in [6.45, 7) is 5.11. The summed E-state index contributed by atoms with van der Waals surface area (Å²) in [4.78, 5) is 43.7. The predicted molar refractivity (Wildman–Crippen MR) is 137 cm³/mol. The van der Waals surface area contributed by atoms with Crippen molar-refractivity contribution in [1.82, 2.24) is 25.1 Å². The van der Waals surface area contributed by atoms with Crippen LogP contribution < -0.4 is 10.1 Å². The molecule has 10 nitrogen and oxygen atoms in total. The van der Waals surface area contributed by atoms with E-state index in [0.29, 0.717) is 19.5 Å². The van der Waals surface area contributed by atoms with Crippen molar-refractivity contribution in [1.29, 1.82) is 0 Å². The number of aromatic hydroxyl groups is 1. The summed E-state index contributed by atoms with van der Waals surface area (Å²) >= 11 is 0. The number of carbonyl (C=O) groups is 3. The van der Waals surface area contributed by atoms with Crippen LogP contribution in [0.5, 0.6) is 11.5 Å². The van der Waals surface area contributed by atoms with E-state index < -0.39 is 12.2 Å². The zero-order valence-electron chi connectivity index (χ0n) is 21.8. The highest BCUT2D eigenvalue weighted by atomic mass is 16.5. The molecule has 37 heavy (non-hydrogen) atoms. The third kappa shape index (κ3) is 5.80. The minimum Gasteiger partial charge on any atom is -0.508 e. The van der Waals surface area contributed by atoms with Crippen LogP contribution in [-0.4, -0.2) is 88.8 Å². The van der Waals surface area contributed by atoms with E-state index in [-0.39, 0.29) is 42.6 Å². The Hall–Kier alpha value is -3.79. The lowest BCUT2D eigenvalue weighted by atomic mass is 9.98. The summed E-state index contributed by atoms with van der Waals surface area (Å²) in [6.07, 6.45) is -0.346. The molecule has 198 valence electrons. The molecule has 0 bridgehead atoms. The molecule has 4 amide bonds. The average Bonchev–Trinajstić information content (AvgIpc) is 2.86. The maximum absolute atomic E-state index is 13.6. The van der Waals surface area contributed by atoms with E-state index in [0.717, 1.165) is 16.9 Å². The first-order valence-corrected chi connectivity index (χ1v) is 12.5. The van der Waals surface area contributed by atoms with Gasteiger partial charge in [0.25, 0.3) is 0 Å². The van der Waals surface area contributed by atoms with Gasteiger partial charge < -0.3 is 25.0 Å². The number of urea groups is 1. The Labute approximate surface area is 217 Å². The zero-order valence-corrected chi connectivity index (χ0v) is 21.8. The van der Waals surface area contributed by atoms with Gasteiger partial charge in [-0.2, -0.15) is 0 Å². The van der Waals surface area contributed by atoms with Gasteiger partial charge in [0.15, 0.2) is 0 Å². The van der Waals surface area contributed by atoms with Crippen LogP contribution in [0.25, 0.3) is 0 Å². The number of likely N-dealkylation sites (N-methyl/N-ethyl adjacent to an activating group) is 1. The van der Waals surface area contributed by atoms with Gasteiger partial charge in [-0.3, -0.25) is 9.59 Å². The standard InChI is InChI=1S/C27H35N5O5/c1-18(2)15-30-16-24-31(23(26(30)35)13-19-5-9-21(33)10-6-19)25(34)17-29(3)32(24)27(36)28-14-20-7-11-22(37-4)12-8-20/h5-12,18,23-24,33H,13-17H2,1-4H3,(H,28,36)/t23-,24?/m0/s1. The van der Waals surface area contributed by atoms with E-state index in [1.54, 1.807) is 58.2 Å². The smallest absolute Gasteiger partial charge is 0.334 e. The molecule has 2 aliphatic heterocycles. The second-order valence-corrected chi connectivity index (χ2v) is 9.97. The van der Waals surface area contributed by atoms with Gasteiger partial charge in [-0.1, -0.05) is 38.1 Å². The number of carbonyl (C=O) groups excluding carboxylic acids is 3. The first-order chi connectivity index (χ1) is 17.7. The van der Waals surface area contributed by atoms with Crippen molar-refractivity contribution in [2.24, 2.45) is 5.92 Å². The highest BCUT2D eigenvalue weighted by molar-refractivity contribution is 5.91. The minimum atomic E-state index is -0.750. The van der Waals surface area contributed by atoms with Gasteiger partial charge in [0.1, 0.15) is 23.7 Å². The monoisotopic (exact) mass is 509 g/mol. The van der Waals surface area contributed by atoms with Crippen molar-refractivity contribution >= 4 is 17.8 Å². The summed E-state index contributed by atoms with van der Waals surface area (Å²) < 4.78 is 5.19. The van der Waals surface area contributed by atoms with E-state index >= 15 is 0 Å². The Morgan fingerprint density at radius 2 is 1.73 bits per heavy atom. The molecule has 0 radical (unpaired) electrons. The SMILES string of the molecule is COc1ccc(CNC(=O)N2C3CN(CC(C)C)C(=O)[C@H](Cc4ccc(O)cc4)N3C(=O)CN2C)cc1. The maximum atomic E-state index is 13.6. The number of fused-ring (bicyclic) bond motifs is 1. The largest absolute Gasteiger partial charge is 0.508 e. The highest BCUT2D eigenvalue weighted by Crippen LogP contribution is 2.28. The Morgan fingerprint density at radius 3 is 2.35 bits per heavy atom. The number of hydrogen-bond donors (Lipinski definition) is 2. The van der Waals surface area contributed by atoms with Crippen LogP contribution in [0.15, 0.2) is 48.5 Å². The van der Waals surface area contributed by atoms with Crippen LogP contribution in [0, 0.1) is 5.92 Å². The molecule has 2 N–H and O–H groups in total. The number of ether oxygens (including phenoxy) is 1. The van der Waals surface area contributed by atoms with E-state index in [2.05, 4.69) is 5.32 Å². The first-order valence-electron chi connectivity index (χ1n) is 12.5. The third-order valence-corrected chi connectivity index (χ3v) is 6.70. The second kappa shape index (κ2) is 11.1. The number of hydrogen-bond acceptors (Lipinski definition) is 6. The molecular formula is C27H35N5O5. The number of piperazine rings is 1. The van der Waals surface area contributed by atoms with Crippen LogP contribution in [0.1, 0.15) is 25.0 Å². The van der Waals surface area contributed by atoms with Gasteiger partial charge in [0.2, 0.25) is 11.8 Å². The third-order valence-electron chi connectivity index (χ3n) is 6.70. The fraction of sp³-hybridized carbons (Fsp3) is 0.444. The molecule has 2 fully saturated rings. The van der Waals surface area contributed by atoms with Gasteiger partial charge in [0, 0.05) is 26.6 Å². The summed E-state index contributed by atoms with van der Waals surface area (Å²) in [6, 6.07) is 13.0. The molecule has 2 atom stereocenters. The summed E-state index contributed by atoms with van der Waals surface area (Å²) in [5, 5.41) is 15.8. The lowest BCUT2D eigenvalue weighted by Gasteiger charge is -2.54. The van der Waals surface area contributed by atoms with Crippen molar-refractivity contribution in [2.45, 2.75) is 39.0 Å². The molecule has 0 aromatic heterocycles. The molecule has 2 saturated heterocycles. The average molecular weight is 510 g/mol. The van der Waals surface area contributed by atoms with Crippen molar-refractivity contribution in [3.63, 3.8) is 0 Å². The Balaban J connectivity index is 1.59. The molecule has 2 aromatic carbocycles. The van der Waals surface area contributed by atoms with Crippen molar-refractivity contribution in [3.8, 4) is 11.5 Å². The molecule has 2 aliphatic rings. The molecule has 0 saturated carbocycles. The Morgan fingerprint density at radius 1 is 1.08 bits per heavy atom. The molecule has 10 heteroatoms. The van der Waals surface area contributed by atoms with Crippen LogP contribution >= 0.6 is 0 Å². The van der Waals surface area contributed by atoms with Crippen molar-refractivity contribution < 1.29 is 24.2 Å². The van der Waals surface area contributed by atoms with E-state index in [1.165, 1.54) is 0 Å². The fourth-order valence-electron chi connectivity index (χ4n) is 4.97. The number of phenols is 1. The van der Waals surface area contributed by atoms with E-state index in [1.807, 2.05) is 38.1 Å². The normalized spacial score (nSPS) is 20.3. The highest BCUT2D eigenvalue weighted by Gasteiger charge is 2.50. The topological polar surface area (TPSA) is 106 Å². The van der Waals surface area contributed by atoms with E-state index in [9.17, 15) is 19.5 Å². The van der Waals surface area contributed by atoms with Crippen molar-refractivity contribution in [2.75, 3.05) is 33.8 Å². The Bertz CT molecular complexity index is 1120. The van der Waals surface area contributed by atoms with Crippen LogP contribution in [0.4, 0.5) is 4.79 Å². The van der Waals surface area contributed by atoms with Crippen LogP contribution in [0.3, 0.4) is 0 Å². The fourth-order valence-corrected chi connectivity index (χ4v) is 4.97. The van der Waals surface area contributed by atoms with Crippen LogP contribution in [-0.2, 0) is 22.6 Å². The first kappa shape index (κ1) is 26.3. The predicted octanol–water partition coefficient (Wildman–Crippen LogP) is 2.04. The number of nitrogens with one attached hydrogen (secondary N) is 1. The molecule has 2 heterocycles. The van der Waals surface area contributed by atoms with Gasteiger partial charge >= 0.3 is 6.03 Å². The maximum Gasteiger partial charge on any atom is 0.334 e. The second-order valence-electron chi connectivity index (χ2n) is 9.97. The minimum absolute atomic E-state index is 0.0179. The lowest BCUT2D eigenvalue weighted by molar-refractivity contribution is -0.187. The summed E-state index contributed by atoms with van der Waals surface area (Å²) in [7, 11) is 3.31. The number of phenolic OH excluding ortho intramolecular Hbond substituents is 1. The number of rotatable bonds is 7. The van der Waals surface area contributed by atoms with Gasteiger partial charge in [-0.15, -0.1) is 0 Å². The van der Waals surface area contributed by atoms with Gasteiger partial charge in [-0.25, -0.2) is 14.8 Å². The molecule has 4 rings (SSSR count). The van der Waals surface area contributed by atoms with Crippen LogP contribution in [0.2, 0.25) is 0 Å². The molecule has 2 aromatic rings. The number of amides is 4. The number of nitrogens with zero attached hydrogens (tertiary/aromatic N) is 4. The Kier molecular flexibility index (Phi) is 7.87. The molecule has 1 unspecified atom stereocenters. The lowest BCUT2D eigenvalue weighted by Crippen LogP contribution is -2.76. The molecular weight excluding hydrogens is 474 g/mol. The van der Waals surface area contributed by atoms with Crippen molar-refractivity contribution in [3.05, 3.63) is 59.7 Å². The number of methoxy groups -OCH3 is 1. The number of hydrazine groups is 1. The zero-order chi connectivity index (χ0) is 26.7. The molecule has 0 aliphatic carbocycles. The summed E-state index contributed by atoms with van der Waals surface area (Å²) in [5.41, 5.74) is 1.73. The quantitative estimate of drug-likeness (QED) is 0.592. The van der Waals surface area contributed by atoms with Gasteiger partial charge in [0.05, 0.1) is 20.2 Å².